The molecule has 2 atom stereocenters. The van der Waals surface area contributed by atoms with Crippen LogP contribution in [0.25, 0.3) is 11.0 Å². The van der Waals surface area contributed by atoms with Crippen molar-refractivity contribution < 1.29 is 9.90 Å². The Morgan fingerprint density at radius 3 is 2.81 bits per heavy atom. The summed E-state index contributed by atoms with van der Waals surface area (Å²) in [5, 5.41) is 12.1. The fourth-order valence-corrected chi connectivity index (χ4v) is 2.42. The lowest BCUT2D eigenvalue weighted by Gasteiger charge is -2.14. The van der Waals surface area contributed by atoms with Crippen LogP contribution in [0.15, 0.2) is 29.1 Å². The van der Waals surface area contributed by atoms with Gasteiger partial charge in [-0.2, -0.15) is 0 Å². The van der Waals surface area contributed by atoms with E-state index < -0.39 is 0 Å². The molecule has 2 unspecified atom stereocenters. The molecule has 2 rings (SSSR count). The molecule has 21 heavy (non-hydrogen) atoms. The van der Waals surface area contributed by atoms with Gasteiger partial charge in [0.15, 0.2) is 0 Å². The molecule has 0 spiro atoms. The van der Waals surface area contributed by atoms with Gasteiger partial charge in [0.05, 0.1) is 17.1 Å². The molecule has 0 saturated heterocycles. The molecule has 3 N–H and O–H groups in total. The van der Waals surface area contributed by atoms with Gasteiger partial charge in [-0.25, -0.2) is 4.79 Å². The number of hydrogen-bond acceptors (Lipinski definition) is 3. The summed E-state index contributed by atoms with van der Waals surface area (Å²) in [4.78, 5) is 26.5. The van der Waals surface area contributed by atoms with Crippen LogP contribution in [0, 0.1) is 5.92 Å². The summed E-state index contributed by atoms with van der Waals surface area (Å²) in [6.45, 7) is 4.17. The molecule has 1 heterocycles. The van der Waals surface area contributed by atoms with Crippen LogP contribution >= 0.6 is 0 Å². The Morgan fingerprint density at radius 2 is 2.10 bits per heavy atom. The van der Waals surface area contributed by atoms with Crippen molar-refractivity contribution in [3.63, 3.8) is 0 Å². The Balaban J connectivity index is 1.99. The maximum Gasteiger partial charge on any atom is 0.326 e. The number of aliphatic hydroxyl groups is 1. The molecule has 2 aromatic rings. The zero-order chi connectivity index (χ0) is 15.4. The summed E-state index contributed by atoms with van der Waals surface area (Å²) in [7, 11) is 0. The second-order valence-electron chi connectivity index (χ2n) is 5.53. The zero-order valence-electron chi connectivity index (χ0n) is 12.3. The minimum absolute atomic E-state index is 0.00968. The quantitative estimate of drug-likeness (QED) is 0.737. The summed E-state index contributed by atoms with van der Waals surface area (Å²) in [6.07, 6.45) is 0.251. The number of benzene rings is 1. The molecule has 1 aromatic heterocycles. The predicted molar refractivity (Wildman–Crippen MR) is 81.0 cm³/mol. The number of rotatable bonds is 6. The molecular weight excluding hydrogens is 270 g/mol. The summed E-state index contributed by atoms with van der Waals surface area (Å²) < 4.78 is 1.42. The highest BCUT2D eigenvalue weighted by molar-refractivity contribution is 5.80. The van der Waals surface area contributed by atoms with Crippen molar-refractivity contribution in [3.8, 4) is 0 Å². The van der Waals surface area contributed by atoms with Crippen molar-refractivity contribution in [2.24, 2.45) is 5.92 Å². The van der Waals surface area contributed by atoms with Gasteiger partial charge in [-0.05, 0) is 31.4 Å². The summed E-state index contributed by atoms with van der Waals surface area (Å²) in [5.41, 5.74) is 1.15. The summed E-state index contributed by atoms with van der Waals surface area (Å²) in [6, 6.07) is 7.27. The summed E-state index contributed by atoms with van der Waals surface area (Å²) >= 11 is 0. The molecule has 0 bridgehead atoms. The molecule has 0 fully saturated rings. The number of nitrogens with zero attached hydrogens (tertiary/aromatic N) is 1. The second-order valence-corrected chi connectivity index (χ2v) is 5.53. The third-order valence-corrected chi connectivity index (χ3v) is 3.37. The van der Waals surface area contributed by atoms with Crippen molar-refractivity contribution >= 4 is 16.9 Å². The van der Waals surface area contributed by atoms with Crippen molar-refractivity contribution in [1.82, 2.24) is 14.9 Å². The topological polar surface area (TPSA) is 87.1 Å². The first kappa shape index (κ1) is 15.3. The number of nitrogens with one attached hydrogen (secondary N) is 2. The number of amides is 1. The number of H-pyrrole nitrogens is 1. The number of carbonyl (C=O) groups excluding carboxylic acids is 1. The molecule has 114 valence electrons. The minimum Gasteiger partial charge on any atom is -0.393 e. The van der Waals surface area contributed by atoms with E-state index in [4.69, 9.17) is 0 Å². The maximum atomic E-state index is 11.9. The van der Waals surface area contributed by atoms with E-state index >= 15 is 0 Å². The summed E-state index contributed by atoms with van der Waals surface area (Å²) in [5.74, 6) is -0.0204. The minimum atomic E-state index is -0.381. The predicted octanol–water partition coefficient (Wildman–Crippen LogP) is 0.853. The van der Waals surface area contributed by atoms with Crippen LogP contribution < -0.4 is 11.0 Å². The van der Waals surface area contributed by atoms with Crippen molar-refractivity contribution in [3.05, 3.63) is 34.7 Å². The van der Waals surface area contributed by atoms with E-state index in [0.717, 1.165) is 11.0 Å². The Hall–Kier alpha value is -2.08. The molecule has 0 aliphatic heterocycles. The van der Waals surface area contributed by atoms with E-state index in [1.165, 1.54) is 4.57 Å². The van der Waals surface area contributed by atoms with E-state index in [1.54, 1.807) is 19.1 Å². The standard InChI is InChI=1S/C15H21N3O3/c1-10(7-11(2)19)8-16-14(20)9-18-13-6-4-3-5-12(13)17-15(18)21/h3-6,10-11,19H,7-9H2,1-2H3,(H,16,20)(H,17,21). The van der Waals surface area contributed by atoms with E-state index in [0.29, 0.717) is 13.0 Å². The van der Waals surface area contributed by atoms with Gasteiger partial charge in [-0.1, -0.05) is 19.1 Å². The van der Waals surface area contributed by atoms with Crippen molar-refractivity contribution in [2.75, 3.05) is 6.54 Å². The van der Waals surface area contributed by atoms with Gasteiger partial charge < -0.3 is 15.4 Å². The molecular formula is C15H21N3O3. The van der Waals surface area contributed by atoms with Crippen LogP contribution in [0.2, 0.25) is 0 Å². The van der Waals surface area contributed by atoms with Crippen LogP contribution in [0.1, 0.15) is 20.3 Å². The third kappa shape index (κ3) is 3.95. The zero-order valence-corrected chi connectivity index (χ0v) is 12.3. The van der Waals surface area contributed by atoms with E-state index in [1.807, 2.05) is 19.1 Å². The molecule has 1 aromatic carbocycles. The van der Waals surface area contributed by atoms with Gasteiger partial charge in [0.1, 0.15) is 6.54 Å². The Labute approximate surface area is 122 Å². The highest BCUT2D eigenvalue weighted by Gasteiger charge is 2.12. The van der Waals surface area contributed by atoms with E-state index in [9.17, 15) is 14.7 Å². The molecule has 6 nitrogen and oxygen atoms in total. The first-order valence-corrected chi connectivity index (χ1v) is 7.09. The Morgan fingerprint density at radius 1 is 1.38 bits per heavy atom. The first-order valence-electron chi connectivity index (χ1n) is 7.09. The second kappa shape index (κ2) is 6.58. The Kier molecular flexibility index (Phi) is 4.80. The number of aromatic nitrogens is 2. The van der Waals surface area contributed by atoms with Crippen LogP contribution in [-0.2, 0) is 11.3 Å². The monoisotopic (exact) mass is 291 g/mol. The maximum absolute atomic E-state index is 11.9. The fraction of sp³-hybridized carbons (Fsp3) is 0.467. The van der Waals surface area contributed by atoms with Crippen LogP contribution in [-0.4, -0.2) is 33.2 Å². The average Bonchev–Trinajstić information content (AvgIpc) is 2.72. The van der Waals surface area contributed by atoms with Crippen molar-refractivity contribution in [2.45, 2.75) is 32.9 Å². The highest BCUT2D eigenvalue weighted by Crippen LogP contribution is 2.08. The number of carbonyl (C=O) groups is 1. The van der Waals surface area contributed by atoms with Crippen LogP contribution in [0.4, 0.5) is 0 Å². The lowest BCUT2D eigenvalue weighted by molar-refractivity contribution is -0.121. The molecule has 0 aliphatic carbocycles. The highest BCUT2D eigenvalue weighted by atomic mass is 16.3. The van der Waals surface area contributed by atoms with E-state index in [-0.39, 0.29) is 30.2 Å². The van der Waals surface area contributed by atoms with Crippen LogP contribution in [0.3, 0.4) is 0 Å². The number of fused-ring (bicyclic) bond motifs is 1. The SMILES string of the molecule is CC(O)CC(C)CNC(=O)Cn1c(=O)[nH]c2ccccc21. The smallest absolute Gasteiger partial charge is 0.326 e. The largest absolute Gasteiger partial charge is 0.393 e. The van der Waals surface area contributed by atoms with E-state index in [2.05, 4.69) is 10.3 Å². The lowest BCUT2D eigenvalue weighted by Crippen LogP contribution is -2.34. The van der Waals surface area contributed by atoms with Gasteiger partial charge in [0, 0.05) is 6.54 Å². The number of hydrogen-bond donors (Lipinski definition) is 3. The third-order valence-electron chi connectivity index (χ3n) is 3.37. The van der Waals surface area contributed by atoms with Gasteiger partial charge in [-0.3, -0.25) is 9.36 Å². The molecule has 0 saturated carbocycles. The average molecular weight is 291 g/mol. The molecule has 6 heteroatoms. The number of imidazole rings is 1. The van der Waals surface area contributed by atoms with Gasteiger partial charge in [0.25, 0.3) is 0 Å². The number of aliphatic hydroxyl groups excluding tert-OH is 1. The lowest BCUT2D eigenvalue weighted by atomic mass is 10.1. The fourth-order valence-electron chi connectivity index (χ4n) is 2.42. The molecule has 0 aliphatic rings. The van der Waals surface area contributed by atoms with Gasteiger partial charge >= 0.3 is 5.69 Å². The molecule has 0 radical (unpaired) electrons. The number of aromatic amines is 1. The van der Waals surface area contributed by atoms with Crippen molar-refractivity contribution in [1.29, 1.82) is 0 Å². The van der Waals surface area contributed by atoms with Gasteiger partial charge in [-0.15, -0.1) is 0 Å². The normalized spacial score (nSPS) is 14.0. The van der Waals surface area contributed by atoms with Crippen LogP contribution in [0.5, 0.6) is 0 Å². The Bertz CT molecular complexity index is 672. The first-order chi connectivity index (χ1) is 9.97. The molecule has 1 amide bonds. The number of para-hydroxylation sites is 2. The van der Waals surface area contributed by atoms with Gasteiger partial charge in [0.2, 0.25) is 5.91 Å².